The summed E-state index contributed by atoms with van der Waals surface area (Å²) in [5.41, 5.74) is 2.42. The first-order valence-corrected chi connectivity index (χ1v) is 9.29. The first-order chi connectivity index (χ1) is 11.8. The van der Waals surface area contributed by atoms with Gasteiger partial charge >= 0.3 is 0 Å². The van der Waals surface area contributed by atoms with Gasteiger partial charge in [-0.15, -0.1) is 11.8 Å². The molecule has 1 aromatic carbocycles. The zero-order valence-electron chi connectivity index (χ0n) is 15.3. The van der Waals surface area contributed by atoms with Gasteiger partial charge < -0.3 is 14.5 Å². The molecule has 1 aromatic rings. The first-order valence-electron chi connectivity index (χ1n) is 8.00. The standard InChI is InChI=1S/C19H24N2O3S/c1-13(2)10-11-24-15-8-6-14(7-9-15)12-16-17(22)21(4)19(25-5)18(23)20(16)3/h6-10,12,19H,11H2,1-5H3/b16-12+/t19-/m1/s1. The molecule has 1 atom stereocenters. The number of thioether (sulfide) groups is 1. The summed E-state index contributed by atoms with van der Waals surface area (Å²) in [6, 6.07) is 7.46. The number of ether oxygens (including phenoxy) is 1. The van der Waals surface area contributed by atoms with Gasteiger partial charge in [-0.3, -0.25) is 9.59 Å². The number of allylic oxidation sites excluding steroid dienone is 1. The number of likely N-dealkylation sites (N-methyl/N-ethyl adjacent to an activating group) is 2. The van der Waals surface area contributed by atoms with Crippen LogP contribution in [0.25, 0.3) is 6.08 Å². The summed E-state index contributed by atoms with van der Waals surface area (Å²) in [5.74, 6) is 0.506. The highest BCUT2D eigenvalue weighted by Gasteiger charge is 2.38. The Bertz CT molecular complexity index is 706. The van der Waals surface area contributed by atoms with Gasteiger partial charge in [0.15, 0.2) is 5.37 Å². The Morgan fingerprint density at radius 2 is 1.84 bits per heavy atom. The maximum absolute atomic E-state index is 12.5. The smallest absolute Gasteiger partial charge is 0.271 e. The highest BCUT2D eigenvalue weighted by Crippen LogP contribution is 2.26. The van der Waals surface area contributed by atoms with Crippen molar-refractivity contribution in [1.82, 2.24) is 9.80 Å². The predicted octanol–water partition coefficient (Wildman–Crippen LogP) is 2.99. The Hall–Kier alpha value is -2.21. The molecule has 25 heavy (non-hydrogen) atoms. The topological polar surface area (TPSA) is 49.9 Å². The molecule has 0 N–H and O–H groups in total. The number of carbonyl (C=O) groups excluding carboxylic acids is 2. The van der Waals surface area contributed by atoms with Crippen LogP contribution in [0, 0.1) is 0 Å². The Morgan fingerprint density at radius 1 is 1.20 bits per heavy atom. The van der Waals surface area contributed by atoms with Gasteiger partial charge in [-0.05, 0) is 50.0 Å². The van der Waals surface area contributed by atoms with Gasteiger partial charge in [-0.25, -0.2) is 0 Å². The molecular formula is C19H24N2O3S. The number of piperazine rings is 1. The lowest BCUT2D eigenvalue weighted by Crippen LogP contribution is -2.54. The lowest BCUT2D eigenvalue weighted by atomic mass is 10.1. The number of carbonyl (C=O) groups is 2. The van der Waals surface area contributed by atoms with Crippen LogP contribution < -0.4 is 4.74 Å². The summed E-state index contributed by atoms with van der Waals surface area (Å²) >= 11 is 1.35. The maximum atomic E-state index is 12.5. The van der Waals surface area contributed by atoms with E-state index in [0.717, 1.165) is 11.3 Å². The highest BCUT2D eigenvalue weighted by molar-refractivity contribution is 7.99. The number of nitrogens with zero attached hydrogens (tertiary/aromatic N) is 2. The van der Waals surface area contributed by atoms with Crippen LogP contribution in [0.5, 0.6) is 5.75 Å². The summed E-state index contributed by atoms with van der Waals surface area (Å²) in [4.78, 5) is 27.8. The third kappa shape index (κ3) is 4.45. The zero-order chi connectivity index (χ0) is 18.6. The molecule has 1 heterocycles. The minimum atomic E-state index is -0.472. The van der Waals surface area contributed by atoms with Crippen LogP contribution >= 0.6 is 11.8 Å². The van der Waals surface area contributed by atoms with E-state index in [2.05, 4.69) is 0 Å². The molecule has 2 rings (SSSR count). The van der Waals surface area contributed by atoms with Crippen molar-refractivity contribution in [3.63, 3.8) is 0 Å². The van der Waals surface area contributed by atoms with E-state index in [1.54, 1.807) is 20.2 Å². The van der Waals surface area contributed by atoms with E-state index in [1.165, 1.54) is 27.1 Å². The number of rotatable bonds is 5. The van der Waals surface area contributed by atoms with E-state index in [1.807, 2.05) is 50.4 Å². The molecule has 1 saturated heterocycles. The fourth-order valence-corrected chi connectivity index (χ4v) is 3.19. The minimum Gasteiger partial charge on any atom is -0.490 e. The second-order valence-electron chi connectivity index (χ2n) is 6.09. The van der Waals surface area contributed by atoms with Crippen molar-refractivity contribution in [2.45, 2.75) is 19.2 Å². The summed E-state index contributed by atoms with van der Waals surface area (Å²) in [6.45, 7) is 4.58. The second kappa shape index (κ2) is 8.25. The Morgan fingerprint density at radius 3 is 2.40 bits per heavy atom. The third-order valence-electron chi connectivity index (χ3n) is 3.94. The summed E-state index contributed by atoms with van der Waals surface area (Å²) in [6.07, 6.45) is 5.56. The van der Waals surface area contributed by atoms with Crippen molar-refractivity contribution < 1.29 is 14.3 Å². The normalized spacial score (nSPS) is 19.4. The lowest BCUT2D eigenvalue weighted by molar-refractivity contribution is -0.144. The lowest BCUT2D eigenvalue weighted by Gasteiger charge is -2.37. The molecule has 0 unspecified atom stereocenters. The third-order valence-corrected chi connectivity index (χ3v) is 4.91. The number of hydrogen-bond acceptors (Lipinski definition) is 4. The molecule has 0 aromatic heterocycles. The quantitative estimate of drug-likeness (QED) is 0.598. The molecular weight excluding hydrogens is 336 g/mol. The van der Waals surface area contributed by atoms with Gasteiger partial charge in [0, 0.05) is 14.1 Å². The molecule has 0 radical (unpaired) electrons. The van der Waals surface area contributed by atoms with E-state index >= 15 is 0 Å². The second-order valence-corrected chi connectivity index (χ2v) is 7.01. The van der Waals surface area contributed by atoms with E-state index in [-0.39, 0.29) is 11.8 Å². The zero-order valence-corrected chi connectivity index (χ0v) is 16.1. The summed E-state index contributed by atoms with van der Waals surface area (Å²) in [7, 11) is 3.29. The van der Waals surface area contributed by atoms with Crippen molar-refractivity contribution in [3.8, 4) is 5.75 Å². The minimum absolute atomic E-state index is 0.0949. The van der Waals surface area contributed by atoms with Gasteiger partial charge in [-0.1, -0.05) is 17.7 Å². The van der Waals surface area contributed by atoms with E-state index < -0.39 is 5.37 Å². The molecule has 0 spiro atoms. The van der Waals surface area contributed by atoms with Gasteiger partial charge in [0.05, 0.1) is 0 Å². The molecule has 2 amide bonds. The van der Waals surface area contributed by atoms with Crippen molar-refractivity contribution in [2.75, 3.05) is 27.0 Å². The van der Waals surface area contributed by atoms with E-state index in [4.69, 9.17) is 4.74 Å². The number of amides is 2. The van der Waals surface area contributed by atoms with Crippen LogP contribution in [-0.4, -0.2) is 53.9 Å². The van der Waals surface area contributed by atoms with E-state index in [0.29, 0.717) is 12.3 Å². The molecule has 1 fully saturated rings. The van der Waals surface area contributed by atoms with Crippen LogP contribution in [0.4, 0.5) is 0 Å². The van der Waals surface area contributed by atoms with Gasteiger partial charge in [0.25, 0.3) is 11.8 Å². The maximum Gasteiger partial charge on any atom is 0.271 e. The van der Waals surface area contributed by atoms with Gasteiger partial charge in [-0.2, -0.15) is 0 Å². The molecule has 134 valence electrons. The van der Waals surface area contributed by atoms with Crippen molar-refractivity contribution in [1.29, 1.82) is 0 Å². The Kier molecular flexibility index (Phi) is 6.31. The predicted molar refractivity (Wildman–Crippen MR) is 102 cm³/mol. The fourth-order valence-electron chi connectivity index (χ4n) is 2.42. The van der Waals surface area contributed by atoms with Crippen LogP contribution in [0.15, 0.2) is 41.6 Å². The molecule has 6 heteroatoms. The molecule has 0 saturated carbocycles. The average Bonchev–Trinajstić information content (AvgIpc) is 2.58. The molecule has 0 aliphatic carbocycles. The van der Waals surface area contributed by atoms with Crippen molar-refractivity contribution in [3.05, 3.63) is 47.2 Å². The van der Waals surface area contributed by atoms with Crippen LogP contribution in [0.2, 0.25) is 0 Å². The Balaban J connectivity index is 2.17. The van der Waals surface area contributed by atoms with Crippen LogP contribution in [0.1, 0.15) is 19.4 Å². The molecule has 5 nitrogen and oxygen atoms in total. The molecule has 1 aliphatic heterocycles. The van der Waals surface area contributed by atoms with Gasteiger partial charge in [0.1, 0.15) is 18.1 Å². The van der Waals surface area contributed by atoms with Crippen LogP contribution in [0.3, 0.4) is 0 Å². The highest BCUT2D eigenvalue weighted by atomic mass is 32.2. The Labute approximate surface area is 153 Å². The summed E-state index contributed by atoms with van der Waals surface area (Å²) in [5, 5.41) is -0.472. The van der Waals surface area contributed by atoms with Crippen molar-refractivity contribution >= 4 is 29.7 Å². The summed E-state index contributed by atoms with van der Waals surface area (Å²) < 4.78 is 5.63. The molecule has 0 bridgehead atoms. The molecule has 1 aliphatic rings. The van der Waals surface area contributed by atoms with Gasteiger partial charge in [0.2, 0.25) is 0 Å². The van der Waals surface area contributed by atoms with E-state index in [9.17, 15) is 9.59 Å². The van der Waals surface area contributed by atoms with Crippen LogP contribution in [-0.2, 0) is 9.59 Å². The fraction of sp³-hybridized carbons (Fsp3) is 0.368. The monoisotopic (exact) mass is 360 g/mol. The average molecular weight is 360 g/mol. The first kappa shape index (κ1) is 19.1. The number of hydrogen-bond donors (Lipinski definition) is 0. The largest absolute Gasteiger partial charge is 0.490 e. The SMILES string of the molecule is CS[C@@H]1C(=O)N(C)/C(=C/c2ccc(OCC=C(C)C)cc2)C(=O)N1C. The number of benzene rings is 1. The van der Waals surface area contributed by atoms with Crippen molar-refractivity contribution in [2.24, 2.45) is 0 Å².